The summed E-state index contributed by atoms with van der Waals surface area (Å²) in [4.78, 5) is 6.85. The van der Waals surface area contributed by atoms with Gasteiger partial charge in [0, 0.05) is 31.0 Å². The zero-order chi connectivity index (χ0) is 13.5. The predicted octanol–water partition coefficient (Wildman–Crippen LogP) is 3.06. The number of aromatic nitrogens is 1. The molecular formula is C15H27N3. The fraction of sp³-hybridized carbons (Fsp3) is 0.667. The molecule has 0 amide bonds. The van der Waals surface area contributed by atoms with E-state index in [2.05, 4.69) is 62.0 Å². The molecule has 0 aliphatic carbocycles. The first kappa shape index (κ1) is 15.0. The largest absolute Gasteiger partial charge is 0.369 e. The Labute approximate surface area is 112 Å². The standard InChI is InChI=1S/C15H27N3/c1-6-16-10-14-9-15(7-8-17-14)18(13(4)5)11-12(2)3/h7-9,12-13,16H,6,10-11H2,1-5H3. The molecule has 1 N–H and O–H groups in total. The van der Waals surface area contributed by atoms with Gasteiger partial charge in [0.1, 0.15) is 0 Å². The van der Waals surface area contributed by atoms with Crippen LogP contribution in [0.1, 0.15) is 40.3 Å². The van der Waals surface area contributed by atoms with Crippen LogP contribution in [0.2, 0.25) is 0 Å². The number of nitrogens with one attached hydrogen (secondary N) is 1. The number of anilines is 1. The summed E-state index contributed by atoms with van der Waals surface area (Å²) in [6.07, 6.45) is 1.91. The van der Waals surface area contributed by atoms with Crippen molar-refractivity contribution in [2.24, 2.45) is 5.92 Å². The Morgan fingerprint density at radius 2 is 2.00 bits per heavy atom. The average Bonchev–Trinajstić information content (AvgIpc) is 2.33. The monoisotopic (exact) mass is 249 g/mol. The Bertz CT molecular complexity index is 347. The Balaban J connectivity index is 2.83. The molecule has 3 nitrogen and oxygen atoms in total. The van der Waals surface area contributed by atoms with Gasteiger partial charge in [-0.2, -0.15) is 0 Å². The number of pyridine rings is 1. The molecule has 0 saturated heterocycles. The second-order valence-electron chi connectivity index (χ2n) is 5.43. The molecule has 18 heavy (non-hydrogen) atoms. The van der Waals surface area contributed by atoms with Gasteiger partial charge in [0.15, 0.2) is 0 Å². The molecule has 0 radical (unpaired) electrons. The van der Waals surface area contributed by atoms with E-state index in [0.717, 1.165) is 25.3 Å². The third kappa shape index (κ3) is 4.65. The van der Waals surface area contributed by atoms with Crippen molar-refractivity contribution in [3.05, 3.63) is 24.0 Å². The van der Waals surface area contributed by atoms with Crippen LogP contribution in [-0.2, 0) is 6.54 Å². The molecule has 0 aliphatic heterocycles. The van der Waals surface area contributed by atoms with Crippen molar-refractivity contribution in [3.8, 4) is 0 Å². The van der Waals surface area contributed by atoms with Crippen LogP contribution in [0.5, 0.6) is 0 Å². The van der Waals surface area contributed by atoms with Gasteiger partial charge < -0.3 is 10.2 Å². The molecule has 0 saturated carbocycles. The van der Waals surface area contributed by atoms with Gasteiger partial charge in [-0.3, -0.25) is 4.98 Å². The van der Waals surface area contributed by atoms with Gasteiger partial charge in [-0.15, -0.1) is 0 Å². The highest BCUT2D eigenvalue weighted by atomic mass is 15.2. The number of hydrogen-bond acceptors (Lipinski definition) is 3. The SMILES string of the molecule is CCNCc1cc(N(CC(C)C)C(C)C)ccn1. The van der Waals surface area contributed by atoms with E-state index in [4.69, 9.17) is 0 Å². The maximum Gasteiger partial charge on any atom is 0.0562 e. The van der Waals surface area contributed by atoms with Crippen LogP contribution < -0.4 is 10.2 Å². The minimum Gasteiger partial charge on any atom is -0.369 e. The molecular weight excluding hydrogens is 222 g/mol. The summed E-state index contributed by atoms with van der Waals surface area (Å²) < 4.78 is 0. The maximum absolute atomic E-state index is 4.41. The Hall–Kier alpha value is -1.09. The van der Waals surface area contributed by atoms with Crippen LogP contribution in [-0.4, -0.2) is 24.1 Å². The third-order valence-corrected chi connectivity index (χ3v) is 2.87. The molecule has 3 heteroatoms. The van der Waals surface area contributed by atoms with Crippen LogP contribution in [0.25, 0.3) is 0 Å². The number of rotatable bonds is 7. The topological polar surface area (TPSA) is 28.2 Å². The molecule has 0 aromatic carbocycles. The molecule has 1 rings (SSSR count). The average molecular weight is 249 g/mol. The molecule has 0 spiro atoms. The Kier molecular flexibility index (Phi) is 6.13. The van der Waals surface area contributed by atoms with Gasteiger partial charge in [-0.05, 0) is 38.4 Å². The highest BCUT2D eigenvalue weighted by Crippen LogP contribution is 2.19. The lowest BCUT2D eigenvalue weighted by atomic mass is 10.1. The molecule has 102 valence electrons. The van der Waals surface area contributed by atoms with E-state index in [-0.39, 0.29) is 0 Å². The van der Waals surface area contributed by atoms with Gasteiger partial charge in [0.2, 0.25) is 0 Å². The van der Waals surface area contributed by atoms with Crippen LogP contribution in [0, 0.1) is 5.92 Å². The molecule has 0 bridgehead atoms. The van der Waals surface area contributed by atoms with Crippen molar-refractivity contribution in [3.63, 3.8) is 0 Å². The summed E-state index contributed by atoms with van der Waals surface area (Å²) in [5, 5.41) is 3.32. The second-order valence-corrected chi connectivity index (χ2v) is 5.43. The summed E-state index contributed by atoms with van der Waals surface area (Å²) in [6.45, 7) is 14.0. The lowest BCUT2D eigenvalue weighted by Crippen LogP contribution is -2.34. The number of nitrogens with zero attached hydrogens (tertiary/aromatic N) is 2. The zero-order valence-electron chi connectivity index (χ0n) is 12.4. The van der Waals surface area contributed by atoms with E-state index < -0.39 is 0 Å². The van der Waals surface area contributed by atoms with Crippen molar-refractivity contribution in [1.82, 2.24) is 10.3 Å². The van der Waals surface area contributed by atoms with Crippen molar-refractivity contribution in [2.45, 2.75) is 47.2 Å². The second kappa shape index (κ2) is 7.37. The summed E-state index contributed by atoms with van der Waals surface area (Å²) in [6, 6.07) is 4.82. The molecule has 0 aliphatic rings. The fourth-order valence-corrected chi connectivity index (χ4v) is 2.00. The quantitative estimate of drug-likeness (QED) is 0.805. The van der Waals surface area contributed by atoms with Crippen LogP contribution in [0.3, 0.4) is 0 Å². The minimum absolute atomic E-state index is 0.516. The van der Waals surface area contributed by atoms with Gasteiger partial charge in [-0.1, -0.05) is 20.8 Å². The molecule has 1 heterocycles. The predicted molar refractivity (Wildman–Crippen MR) is 78.9 cm³/mol. The van der Waals surface area contributed by atoms with E-state index in [9.17, 15) is 0 Å². The highest BCUT2D eigenvalue weighted by molar-refractivity contribution is 5.47. The van der Waals surface area contributed by atoms with Crippen molar-refractivity contribution in [2.75, 3.05) is 18.0 Å². The van der Waals surface area contributed by atoms with E-state index in [1.165, 1.54) is 5.69 Å². The summed E-state index contributed by atoms with van der Waals surface area (Å²) in [5.74, 6) is 0.665. The van der Waals surface area contributed by atoms with E-state index in [1.54, 1.807) is 0 Å². The van der Waals surface area contributed by atoms with E-state index in [1.807, 2.05) is 6.20 Å². The van der Waals surface area contributed by atoms with Gasteiger partial charge in [-0.25, -0.2) is 0 Å². The lowest BCUT2D eigenvalue weighted by Gasteiger charge is -2.31. The van der Waals surface area contributed by atoms with Crippen molar-refractivity contribution in [1.29, 1.82) is 0 Å². The van der Waals surface area contributed by atoms with E-state index >= 15 is 0 Å². The van der Waals surface area contributed by atoms with E-state index in [0.29, 0.717) is 12.0 Å². The first-order chi connectivity index (χ1) is 8.54. The Morgan fingerprint density at radius 1 is 1.28 bits per heavy atom. The zero-order valence-corrected chi connectivity index (χ0v) is 12.4. The molecule has 0 fully saturated rings. The van der Waals surface area contributed by atoms with Crippen molar-refractivity contribution < 1.29 is 0 Å². The third-order valence-electron chi connectivity index (χ3n) is 2.87. The first-order valence-corrected chi connectivity index (χ1v) is 6.96. The molecule has 0 unspecified atom stereocenters. The Morgan fingerprint density at radius 3 is 2.56 bits per heavy atom. The highest BCUT2D eigenvalue weighted by Gasteiger charge is 2.12. The molecule has 1 aromatic heterocycles. The van der Waals surface area contributed by atoms with Crippen LogP contribution >= 0.6 is 0 Å². The van der Waals surface area contributed by atoms with Crippen LogP contribution in [0.4, 0.5) is 5.69 Å². The minimum atomic E-state index is 0.516. The smallest absolute Gasteiger partial charge is 0.0562 e. The molecule has 0 atom stereocenters. The number of hydrogen-bond donors (Lipinski definition) is 1. The normalized spacial score (nSPS) is 11.3. The lowest BCUT2D eigenvalue weighted by molar-refractivity contribution is 0.570. The summed E-state index contributed by atoms with van der Waals surface area (Å²) in [5.41, 5.74) is 2.39. The van der Waals surface area contributed by atoms with Gasteiger partial charge in [0.05, 0.1) is 5.69 Å². The van der Waals surface area contributed by atoms with Gasteiger partial charge >= 0.3 is 0 Å². The fourth-order valence-electron chi connectivity index (χ4n) is 2.00. The summed E-state index contributed by atoms with van der Waals surface area (Å²) in [7, 11) is 0. The van der Waals surface area contributed by atoms with Crippen molar-refractivity contribution >= 4 is 5.69 Å². The van der Waals surface area contributed by atoms with Gasteiger partial charge in [0.25, 0.3) is 0 Å². The first-order valence-electron chi connectivity index (χ1n) is 6.96. The maximum atomic E-state index is 4.41. The van der Waals surface area contributed by atoms with Crippen LogP contribution in [0.15, 0.2) is 18.3 Å². The molecule has 1 aromatic rings. The summed E-state index contributed by atoms with van der Waals surface area (Å²) >= 11 is 0.